The number of hydrogen-bond donors (Lipinski definition) is 1. The Labute approximate surface area is 127 Å². The van der Waals surface area contributed by atoms with Crippen LogP contribution in [-0.2, 0) is 6.18 Å². The molecular formula is C14H10F3IN2. The van der Waals surface area contributed by atoms with Gasteiger partial charge in [0.05, 0.1) is 17.5 Å². The average molecular weight is 390 g/mol. The zero-order chi connectivity index (χ0) is 14.6. The third-order valence-electron chi connectivity index (χ3n) is 2.48. The van der Waals surface area contributed by atoms with E-state index in [2.05, 4.69) is 10.5 Å². The highest BCUT2D eigenvalue weighted by atomic mass is 127. The summed E-state index contributed by atoms with van der Waals surface area (Å²) in [5.41, 5.74) is 3.58. The van der Waals surface area contributed by atoms with Crippen LogP contribution in [0.3, 0.4) is 0 Å². The highest BCUT2D eigenvalue weighted by molar-refractivity contribution is 14.1. The van der Waals surface area contributed by atoms with Crippen LogP contribution in [0.25, 0.3) is 0 Å². The minimum atomic E-state index is -4.32. The normalized spacial score (nSPS) is 11.8. The Hall–Kier alpha value is -1.57. The fourth-order valence-electron chi connectivity index (χ4n) is 1.54. The number of hydrazone groups is 1. The van der Waals surface area contributed by atoms with Gasteiger partial charge in [-0.15, -0.1) is 0 Å². The van der Waals surface area contributed by atoms with Crippen molar-refractivity contribution in [2.75, 3.05) is 5.43 Å². The summed E-state index contributed by atoms with van der Waals surface area (Å²) in [6.07, 6.45) is -2.84. The second-order valence-electron chi connectivity index (χ2n) is 3.97. The second-order valence-corrected chi connectivity index (χ2v) is 5.14. The Morgan fingerprint density at radius 1 is 1.05 bits per heavy atom. The van der Waals surface area contributed by atoms with E-state index in [-0.39, 0.29) is 3.57 Å². The smallest absolute Gasteiger partial charge is 0.279 e. The summed E-state index contributed by atoms with van der Waals surface area (Å²) in [4.78, 5) is 0. The van der Waals surface area contributed by atoms with E-state index in [9.17, 15) is 13.2 Å². The van der Waals surface area contributed by atoms with Gasteiger partial charge in [0.15, 0.2) is 0 Å². The number of nitrogens with one attached hydrogen (secondary N) is 1. The molecule has 1 N–H and O–H groups in total. The Balaban J connectivity index is 2.09. The fraction of sp³-hybridized carbons (Fsp3) is 0.0714. The molecule has 0 amide bonds. The van der Waals surface area contributed by atoms with Crippen LogP contribution in [0.1, 0.15) is 11.1 Å². The maximum atomic E-state index is 12.6. The van der Waals surface area contributed by atoms with Crippen LogP contribution in [-0.4, -0.2) is 6.21 Å². The summed E-state index contributed by atoms with van der Waals surface area (Å²) in [5.74, 6) is 0. The van der Waals surface area contributed by atoms with E-state index in [1.165, 1.54) is 18.3 Å². The maximum Gasteiger partial charge on any atom is 0.417 e. The van der Waals surface area contributed by atoms with E-state index < -0.39 is 11.7 Å². The summed E-state index contributed by atoms with van der Waals surface area (Å²) in [5, 5.41) is 3.99. The highest BCUT2D eigenvalue weighted by Gasteiger charge is 2.32. The van der Waals surface area contributed by atoms with Crippen molar-refractivity contribution in [1.82, 2.24) is 0 Å². The molecule has 6 heteroatoms. The molecule has 0 radical (unpaired) electrons. The van der Waals surface area contributed by atoms with Gasteiger partial charge in [-0.2, -0.15) is 18.3 Å². The topological polar surface area (TPSA) is 24.4 Å². The van der Waals surface area contributed by atoms with Gasteiger partial charge in [0, 0.05) is 3.57 Å². The van der Waals surface area contributed by atoms with Gasteiger partial charge in [-0.3, -0.25) is 5.43 Å². The molecule has 2 nitrogen and oxygen atoms in total. The first-order chi connectivity index (χ1) is 9.47. The molecule has 0 aliphatic carbocycles. The Morgan fingerprint density at radius 2 is 1.75 bits per heavy atom. The van der Waals surface area contributed by atoms with Crippen molar-refractivity contribution in [2.24, 2.45) is 5.10 Å². The van der Waals surface area contributed by atoms with Crippen molar-refractivity contribution in [2.45, 2.75) is 6.18 Å². The quantitative estimate of drug-likeness (QED) is 0.457. The lowest BCUT2D eigenvalue weighted by atomic mass is 10.1. The van der Waals surface area contributed by atoms with Crippen LogP contribution in [0.4, 0.5) is 18.9 Å². The second kappa shape index (κ2) is 6.25. The van der Waals surface area contributed by atoms with Crippen LogP contribution in [0, 0.1) is 3.57 Å². The Bertz CT molecular complexity index is 610. The number of para-hydroxylation sites is 1. The maximum absolute atomic E-state index is 12.6. The number of rotatable bonds is 3. The predicted molar refractivity (Wildman–Crippen MR) is 81.8 cm³/mol. The van der Waals surface area contributed by atoms with E-state index in [1.54, 1.807) is 22.6 Å². The van der Waals surface area contributed by atoms with E-state index >= 15 is 0 Å². The molecule has 0 aliphatic heterocycles. The average Bonchev–Trinajstić information content (AvgIpc) is 2.38. The summed E-state index contributed by atoms with van der Waals surface area (Å²) in [6, 6.07) is 13.2. The van der Waals surface area contributed by atoms with Crippen LogP contribution < -0.4 is 5.43 Å². The van der Waals surface area contributed by atoms with E-state index in [4.69, 9.17) is 0 Å². The van der Waals surface area contributed by atoms with Crippen LogP contribution in [0.5, 0.6) is 0 Å². The SMILES string of the molecule is FC(F)(F)c1ccc(C=NNc2ccccc2)cc1I. The molecule has 20 heavy (non-hydrogen) atoms. The number of alkyl halides is 3. The minimum absolute atomic E-state index is 0.152. The van der Waals surface area contributed by atoms with Gasteiger partial charge in [0.1, 0.15) is 0 Å². The third kappa shape index (κ3) is 3.96. The molecule has 2 aromatic rings. The molecular weight excluding hydrogens is 380 g/mol. The molecule has 0 saturated heterocycles. The molecule has 0 spiro atoms. The number of hydrogen-bond acceptors (Lipinski definition) is 2. The van der Waals surface area contributed by atoms with Crippen molar-refractivity contribution in [3.63, 3.8) is 0 Å². The van der Waals surface area contributed by atoms with Crippen molar-refractivity contribution in [3.05, 3.63) is 63.2 Å². The molecule has 0 aliphatic rings. The standard InChI is InChI=1S/C14H10F3IN2/c15-14(16,17)12-7-6-10(8-13(12)18)9-19-20-11-4-2-1-3-5-11/h1-9,20H. The van der Waals surface area contributed by atoms with Gasteiger partial charge >= 0.3 is 6.18 Å². The molecule has 0 atom stereocenters. The first-order valence-corrected chi connectivity index (χ1v) is 6.75. The largest absolute Gasteiger partial charge is 0.417 e. The van der Waals surface area contributed by atoms with Gasteiger partial charge in [0.2, 0.25) is 0 Å². The molecule has 0 fully saturated rings. The molecule has 104 valence electrons. The van der Waals surface area contributed by atoms with E-state index in [0.29, 0.717) is 5.56 Å². The number of halogens is 4. The summed E-state index contributed by atoms with van der Waals surface area (Å²) in [7, 11) is 0. The molecule has 0 saturated carbocycles. The lowest BCUT2D eigenvalue weighted by molar-refractivity contribution is -0.138. The summed E-state index contributed by atoms with van der Waals surface area (Å²) < 4.78 is 38.0. The lowest BCUT2D eigenvalue weighted by Crippen LogP contribution is -2.07. The van der Waals surface area contributed by atoms with Gasteiger partial charge in [-0.25, -0.2) is 0 Å². The zero-order valence-corrected chi connectivity index (χ0v) is 12.3. The van der Waals surface area contributed by atoms with Crippen molar-refractivity contribution in [3.8, 4) is 0 Å². The predicted octanol–water partition coefficient (Wildman–Crippen LogP) is 4.76. The van der Waals surface area contributed by atoms with Crippen molar-refractivity contribution in [1.29, 1.82) is 0 Å². The number of anilines is 1. The fourth-order valence-corrected chi connectivity index (χ4v) is 2.38. The lowest BCUT2D eigenvalue weighted by Gasteiger charge is -2.09. The molecule has 2 rings (SSSR count). The Kier molecular flexibility index (Phi) is 4.64. The van der Waals surface area contributed by atoms with Gasteiger partial charge in [-0.05, 0) is 52.4 Å². The zero-order valence-electron chi connectivity index (χ0n) is 10.2. The molecule has 2 aromatic carbocycles. The molecule has 0 aromatic heterocycles. The van der Waals surface area contributed by atoms with Crippen LogP contribution >= 0.6 is 22.6 Å². The summed E-state index contributed by atoms with van der Waals surface area (Å²) in [6.45, 7) is 0. The minimum Gasteiger partial charge on any atom is -0.279 e. The van der Waals surface area contributed by atoms with E-state index in [0.717, 1.165) is 11.8 Å². The van der Waals surface area contributed by atoms with Crippen molar-refractivity contribution < 1.29 is 13.2 Å². The first-order valence-electron chi connectivity index (χ1n) is 5.68. The van der Waals surface area contributed by atoms with Crippen LogP contribution in [0.15, 0.2) is 53.6 Å². The van der Waals surface area contributed by atoms with Crippen LogP contribution in [0.2, 0.25) is 0 Å². The molecule has 0 bridgehead atoms. The van der Waals surface area contributed by atoms with E-state index in [1.807, 2.05) is 30.3 Å². The highest BCUT2D eigenvalue weighted by Crippen LogP contribution is 2.32. The third-order valence-corrected chi connectivity index (χ3v) is 3.37. The summed E-state index contributed by atoms with van der Waals surface area (Å²) >= 11 is 1.67. The van der Waals surface area contributed by atoms with Gasteiger partial charge < -0.3 is 0 Å². The first kappa shape index (κ1) is 14.8. The van der Waals surface area contributed by atoms with Gasteiger partial charge in [0.25, 0.3) is 0 Å². The number of benzene rings is 2. The monoisotopic (exact) mass is 390 g/mol. The number of nitrogens with zero attached hydrogens (tertiary/aromatic N) is 1. The van der Waals surface area contributed by atoms with Gasteiger partial charge in [-0.1, -0.05) is 24.3 Å². The molecule has 0 heterocycles. The van der Waals surface area contributed by atoms with Crippen molar-refractivity contribution >= 4 is 34.5 Å². The Morgan fingerprint density at radius 3 is 2.35 bits per heavy atom. The molecule has 0 unspecified atom stereocenters.